The number of nitrogens with zero attached hydrogens (tertiary/aromatic N) is 4. The van der Waals surface area contributed by atoms with E-state index in [9.17, 15) is 9.90 Å². The van der Waals surface area contributed by atoms with Gasteiger partial charge in [-0.15, -0.1) is 11.3 Å². The molecule has 138 valence electrons. The van der Waals surface area contributed by atoms with Gasteiger partial charge in [0.05, 0.1) is 30.6 Å². The molecule has 2 aromatic rings. The lowest BCUT2D eigenvalue weighted by Gasteiger charge is -2.35. The number of aliphatic hydroxyl groups excluding tert-OH is 1. The average Bonchev–Trinajstić information content (AvgIpc) is 3.07. The normalized spacial score (nSPS) is 23.4. The highest BCUT2D eigenvalue weighted by atomic mass is 32.1. The van der Waals surface area contributed by atoms with Crippen LogP contribution in [0.2, 0.25) is 0 Å². The van der Waals surface area contributed by atoms with E-state index in [0.29, 0.717) is 13.0 Å². The number of hydrogen-bond donors (Lipinski definition) is 2. The highest BCUT2D eigenvalue weighted by Gasteiger charge is 2.30. The van der Waals surface area contributed by atoms with Gasteiger partial charge < -0.3 is 10.4 Å². The van der Waals surface area contributed by atoms with E-state index < -0.39 is 6.10 Å². The SMILES string of the molecule is O=C(N[C@H]1CCN(Cc2nc3c(s2)CCCC3)C[C@@H]1O)c1cnccn1. The molecule has 0 aromatic carbocycles. The molecule has 4 rings (SSSR count). The molecule has 1 aliphatic carbocycles. The number of aromatic nitrogens is 3. The molecule has 0 radical (unpaired) electrons. The lowest BCUT2D eigenvalue weighted by atomic mass is 10.0. The van der Waals surface area contributed by atoms with Gasteiger partial charge in [-0.1, -0.05) is 0 Å². The van der Waals surface area contributed by atoms with Crippen LogP contribution >= 0.6 is 11.3 Å². The minimum atomic E-state index is -0.598. The summed E-state index contributed by atoms with van der Waals surface area (Å²) in [6.45, 7) is 2.14. The van der Waals surface area contributed by atoms with Gasteiger partial charge in [0.15, 0.2) is 0 Å². The number of carbonyl (C=O) groups is 1. The van der Waals surface area contributed by atoms with Crippen LogP contribution in [0, 0.1) is 0 Å². The van der Waals surface area contributed by atoms with Gasteiger partial charge in [-0.05, 0) is 32.1 Å². The number of piperidine rings is 1. The molecule has 0 bridgehead atoms. The zero-order chi connectivity index (χ0) is 17.9. The smallest absolute Gasteiger partial charge is 0.271 e. The molecule has 1 saturated heterocycles. The Balaban J connectivity index is 1.32. The van der Waals surface area contributed by atoms with Gasteiger partial charge in [0.25, 0.3) is 5.91 Å². The van der Waals surface area contributed by atoms with Gasteiger partial charge >= 0.3 is 0 Å². The second kappa shape index (κ2) is 7.77. The molecule has 1 aliphatic heterocycles. The Morgan fingerprint density at radius 1 is 1.35 bits per heavy atom. The van der Waals surface area contributed by atoms with E-state index in [0.717, 1.165) is 30.9 Å². The summed E-state index contributed by atoms with van der Waals surface area (Å²) in [5.74, 6) is -0.289. The molecular formula is C18H23N5O2S. The molecule has 7 nitrogen and oxygen atoms in total. The van der Waals surface area contributed by atoms with E-state index in [1.54, 1.807) is 0 Å². The van der Waals surface area contributed by atoms with Gasteiger partial charge in [-0.3, -0.25) is 14.7 Å². The van der Waals surface area contributed by atoms with Crippen molar-refractivity contribution >= 4 is 17.2 Å². The molecule has 2 N–H and O–H groups in total. The monoisotopic (exact) mass is 373 g/mol. The molecule has 26 heavy (non-hydrogen) atoms. The van der Waals surface area contributed by atoms with Crippen molar-refractivity contribution in [1.82, 2.24) is 25.2 Å². The van der Waals surface area contributed by atoms with Crippen molar-refractivity contribution in [2.24, 2.45) is 0 Å². The Bertz CT molecular complexity index is 743. The molecule has 2 aromatic heterocycles. The third kappa shape index (κ3) is 3.92. The fraction of sp³-hybridized carbons (Fsp3) is 0.556. The number of thiazole rings is 1. The second-order valence-electron chi connectivity index (χ2n) is 6.95. The van der Waals surface area contributed by atoms with Crippen LogP contribution in [0.25, 0.3) is 0 Å². The van der Waals surface area contributed by atoms with Crippen LogP contribution in [0.5, 0.6) is 0 Å². The number of aryl methyl sites for hydroxylation is 2. The quantitative estimate of drug-likeness (QED) is 0.836. The van der Waals surface area contributed by atoms with Crippen molar-refractivity contribution in [1.29, 1.82) is 0 Å². The molecule has 0 saturated carbocycles. The molecule has 1 fully saturated rings. The minimum absolute atomic E-state index is 0.259. The van der Waals surface area contributed by atoms with E-state index >= 15 is 0 Å². The van der Waals surface area contributed by atoms with Crippen LogP contribution in [-0.4, -0.2) is 56.1 Å². The van der Waals surface area contributed by atoms with Crippen LogP contribution in [0.4, 0.5) is 0 Å². The zero-order valence-corrected chi connectivity index (χ0v) is 15.4. The standard InChI is InChI=1S/C18H23N5O2S/c24-15-10-23(11-17-21-13-3-1-2-4-16(13)26-17)8-5-12(15)22-18(25)14-9-19-6-7-20-14/h6-7,9,12,15,24H,1-5,8,10-11H2,(H,22,25)/t12-,15-/m0/s1. The van der Waals surface area contributed by atoms with Crippen molar-refractivity contribution in [2.75, 3.05) is 13.1 Å². The zero-order valence-electron chi connectivity index (χ0n) is 14.6. The maximum Gasteiger partial charge on any atom is 0.271 e. The Labute approximate surface area is 156 Å². The van der Waals surface area contributed by atoms with Crippen molar-refractivity contribution in [2.45, 2.75) is 50.8 Å². The predicted octanol–water partition coefficient (Wildman–Crippen LogP) is 1.18. The maximum absolute atomic E-state index is 12.2. The highest BCUT2D eigenvalue weighted by Crippen LogP contribution is 2.28. The fourth-order valence-electron chi connectivity index (χ4n) is 3.63. The van der Waals surface area contributed by atoms with E-state index in [2.05, 4.69) is 20.2 Å². The maximum atomic E-state index is 12.2. The Kier molecular flexibility index (Phi) is 5.23. The second-order valence-corrected chi connectivity index (χ2v) is 8.11. The van der Waals surface area contributed by atoms with Gasteiger partial charge in [-0.25, -0.2) is 9.97 Å². The average molecular weight is 373 g/mol. The summed E-state index contributed by atoms with van der Waals surface area (Å²) in [6, 6.07) is -0.259. The lowest BCUT2D eigenvalue weighted by Crippen LogP contribution is -2.53. The number of aliphatic hydroxyl groups is 1. The first-order valence-corrected chi connectivity index (χ1v) is 9.95. The van der Waals surface area contributed by atoms with Crippen molar-refractivity contribution < 1.29 is 9.90 Å². The van der Waals surface area contributed by atoms with Crippen LogP contribution < -0.4 is 5.32 Å². The molecular weight excluding hydrogens is 350 g/mol. The minimum Gasteiger partial charge on any atom is -0.390 e. The summed E-state index contributed by atoms with van der Waals surface area (Å²) in [5.41, 5.74) is 1.55. The number of amides is 1. The molecule has 2 atom stereocenters. The number of carbonyl (C=O) groups excluding carboxylic acids is 1. The number of rotatable bonds is 4. The van der Waals surface area contributed by atoms with Crippen molar-refractivity contribution in [3.63, 3.8) is 0 Å². The van der Waals surface area contributed by atoms with E-state index in [1.165, 1.54) is 42.0 Å². The number of fused-ring (bicyclic) bond motifs is 1. The van der Waals surface area contributed by atoms with Gasteiger partial charge in [0.1, 0.15) is 10.7 Å². The van der Waals surface area contributed by atoms with Crippen LogP contribution in [0.15, 0.2) is 18.6 Å². The largest absolute Gasteiger partial charge is 0.390 e. The third-order valence-corrected chi connectivity index (χ3v) is 6.17. The summed E-state index contributed by atoms with van der Waals surface area (Å²) in [4.78, 5) is 28.6. The van der Waals surface area contributed by atoms with E-state index in [-0.39, 0.29) is 17.6 Å². The Hall–Kier alpha value is -1.90. The number of β-amino-alcohol motifs (C(OH)–C–C–N with tert-alkyl or cyclic N) is 1. The molecule has 1 amide bonds. The number of likely N-dealkylation sites (tertiary alicyclic amines) is 1. The van der Waals surface area contributed by atoms with Crippen LogP contribution in [0.1, 0.15) is 45.3 Å². The predicted molar refractivity (Wildman–Crippen MR) is 97.9 cm³/mol. The van der Waals surface area contributed by atoms with E-state index in [4.69, 9.17) is 4.98 Å². The van der Waals surface area contributed by atoms with Crippen molar-refractivity contribution in [3.05, 3.63) is 39.9 Å². The highest BCUT2D eigenvalue weighted by molar-refractivity contribution is 7.11. The molecule has 2 aliphatic rings. The third-order valence-electron chi connectivity index (χ3n) is 5.03. The summed E-state index contributed by atoms with van der Waals surface area (Å²) in [5, 5.41) is 14.5. The first kappa shape index (κ1) is 17.5. The van der Waals surface area contributed by atoms with E-state index in [1.807, 2.05) is 11.3 Å². The summed E-state index contributed by atoms with van der Waals surface area (Å²) < 4.78 is 0. The summed E-state index contributed by atoms with van der Waals surface area (Å²) >= 11 is 1.82. The van der Waals surface area contributed by atoms with Crippen molar-refractivity contribution in [3.8, 4) is 0 Å². The Morgan fingerprint density at radius 2 is 2.23 bits per heavy atom. The van der Waals surface area contributed by atoms with Gasteiger partial charge in [0.2, 0.25) is 0 Å². The fourth-order valence-corrected chi connectivity index (χ4v) is 4.83. The molecule has 3 heterocycles. The first-order valence-electron chi connectivity index (χ1n) is 9.14. The van der Waals surface area contributed by atoms with Gasteiger partial charge in [-0.2, -0.15) is 0 Å². The Morgan fingerprint density at radius 3 is 3.00 bits per heavy atom. The molecule has 8 heteroatoms. The van der Waals surface area contributed by atoms with Crippen LogP contribution in [-0.2, 0) is 19.4 Å². The topological polar surface area (TPSA) is 91.2 Å². The molecule has 0 spiro atoms. The van der Waals surface area contributed by atoms with Gasteiger partial charge in [0, 0.05) is 30.4 Å². The van der Waals surface area contributed by atoms with Crippen LogP contribution in [0.3, 0.4) is 0 Å². The summed E-state index contributed by atoms with van der Waals surface area (Å²) in [7, 11) is 0. The molecule has 0 unspecified atom stereocenters. The first-order chi connectivity index (χ1) is 12.7. The summed E-state index contributed by atoms with van der Waals surface area (Å²) in [6.07, 6.45) is 9.33. The lowest BCUT2D eigenvalue weighted by molar-refractivity contribution is 0.0348. The number of hydrogen-bond acceptors (Lipinski definition) is 7. The number of nitrogens with one attached hydrogen (secondary N) is 1.